The van der Waals surface area contributed by atoms with Gasteiger partial charge in [0.15, 0.2) is 0 Å². The van der Waals surface area contributed by atoms with Gasteiger partial charge in [-0.25, -0.2) is 0 Å². The summed E-state index contributed by atoms with van der Waals surface area (Å²) < 4.78 is 5.66. The molecule has 4 unspecified atom stereocenters. The van der Waals surface area contributed by atoms with Crippen LogP contribution in [0, 0.1) is 0 Å². The van der Waals surface area contributed by atoms with E-state index in [1.807, 2.05) is 0 Å². The second-order valence-electron chi connectivity index (χ2n) is 6.49. The van der Waals surface area contributed by atoms with Gasteiger partial charge in [0.1, 0.15) is 0 Å². The molecule has 2 fully saturated rings. The topological polar surface area (TPSA) is 41.5 Å². The zero-order valence-corrected chi connectivity index (χ0v) is 13.3. The van der Waals surface area contributed by atoms with Crippen molar-refractivity contribution in [1.82, 2.24) is 5.32 Å². The van der Waals surface area contributed by atoms with Crippen LogP contribution in [0.15, 0.2) is 0 Å². The van der Waals surface area contributed by atoms with Crippen LogP contribution in [0.2, 0.25) is 0 Å². The molecule has 0 aromatic heterocycles. The summed E-state index contributed by atoms with van der Waals surface area (Å²) in [6, 6.07) is 0.435. The Hall–Kier alpha value is 0.230. The number of rotatable bonds is 5. The fourth-order valence-electron chi connectivity index (χ4n) is 3.49. The third-order valence-electron chi connectivity index (χ3n) is 4.37. The van der Waals surface area contributed by atoms with Gasteiger partial charge in [0, 0.05) is 28.7 Å². The molecule has 2 aliphatic rings. The molecule has 2 rings (SSSR count). The second-order valence-corrected chi connectivity index (χ2v) is 8.04. The molecule has 2 N–H and O–H groups in total. The van der Waals surface area contributed by atoms with Crippen LogP contribution in [-0.4, -0.2) is 46.5 Å². The van der Waals surface area contributed by atoms with Crippen LogP contribution in [0.1, 0.15) is 52.9 Å². The van der Waals surface area contributed by atoms with Crippen LogP contribution in [0.5, 0.6) is 0 Å². The number of ether oxygens (including phenoxy) is 1. The average molecular weight is 287 g/mol. The third kappa shape index (κ3) is 4.10. The highest BCUT2D eigenvalue weighted by Crippen LogP contribution is 2.40. The maximum absolute atomic E-state index is 9.82. The lowest BCUT2D eigenvalue weighted by molar-refractivity contribution is 0.114. The molecule has 0 aromatic rings. The zero-order chi connectivity index (χ0) is 13.9. The van der Waals surface area contributed by atoms with Gasteiger partial charge in [-0.3, -0.25) is 0 Å². The smallest absolute Gasteiger partial charge is 0.0666 e. The van der Waals surface area contributed by atoms with E-state index in [0.717, 1.165) is 19.4 Å². The highest BCUT2D eigenvalue weighted by atomic mass is 32.2. The fourth-order valence-corrected chi connectivity index (χ4v) is 5.24. The SMILES string of the molecule is CC(C)NC1(CO)CCCC(SC2CCOC2C)C1. The Morgan fingerprint density at radius 2 is 2.21 bits per heavy atom. The highest BCUT2D eigenvalue weighted by Gasteiger charge is 2.38. The third-order valence-corrected chi connectivity index (χ3v) is 6.13. The average Bonchev–Trinajstić information content (AvgIpc) is 2.75. The van der Waals surface area contributed by atoms with Gasteiger partial charge in [-0.15, -0.1) is 0 Å². The van der Waals surface area contributed by atoms with Crippen molar-refractivity contribution in [3.8, 4) is 0 Å². The highest BCUT2D eigenvalue weighted by molar-refractivity contribution is 8.00. The number of aliphatic hydroxyl groups is 1. The van der Waals surface area contributed by atoms with Gasteiger partial charge in [-0.1, -0.05) is 20.3 Å². The molecule has 3 nitrogen and oxygen atoms in total. The van der Waals surface area contributed by atoms with Crippen molar-refractivity contribution in [3.05, 3.63) is 0 Å². The summed E-state index contributed by atoms with van der Waals surface area (Å²) in [4.78, 5) is 0. The summed E-state index contributed by atoms with van der Waals surface area (Å²) in [6.45, 7) is 7.71. The molecule has 0 bridgehead atoms. The Morgan fingerprint density at radius 1 is 1.42 bits per heavy atom. The molecule has 1 heterocycles. The normalized spacial score (nSPS) is 39.9. The lowest BCUT2D eigenvalue weighted by Crippen LogP contribution is -2.55. The van der Waals surface area contributed by atoms with Gasteiger partial charge in [0.25, 0.3) is 0 Å². The Morgan fingerprint density at radius 3 is 2.79 bits per heavy atom. The Balaban J connectivity index is 1.91. The molecule has 4 atom stereocenters. The van der Waals surface area contributed by atoms with Crippen molar-refractivity contribution in [1.29, 1.82) is 0 Å². The monoisotopic (exact) mass is 287 g/mol. The van der Waals surface area contributed by atoms with Gasteiger partial charge in [0.05, 0.1) is 12.7 Å². The quantitative estimate of drug-likeness (QED) is 0.815. The first-order valence-corrected chi connectivity index (χ1v) is 8.64. The van der Waals surface area contributed by atoms with E-state index in [-0.39, 0.29) is 12.1 Å². The van der Waals surface area contributed by atoms with E-state index in [0.29, 0.717) is 22.6 Å². The predicted octanol–water partition coefficient (Wildman–Crippen LogP) is 2.57. The first-order valence-electron chi connectivity index (χ1n) is 7.70. The largest absolute Gasteiger partial charge is 0.394 e. The van der Waals surface area contributed by atoms with E-state index in [1.54, 1.807) is 0 Å². The van der Waals surface area contributed by atoms with Gasteiger partial charge >= 0.3 is 0 Å². The summed E-state index contributed by atoms with van der Waals surface area (Å²) in [6.07, 6.45) is 6.29. The van der Waals surface area contributed by atoms with E-state index < -0.39 is 0 Å². The number of aliphatic hydroxyl groups excluding tert-OH is 1. The summed E-state index contributed by atoms with van der Waals surface area (Å²) in [7, 11) is 0. The maximum atomic E-state index is 9.82. The van der Waals surface area contributed by atoms with Crippen LogP contribution in [0.3, 0.4) is 0 Å². The Kier molecular flexibility index (Phi) is 5.58. The number of hydrogen-bond donors (Lipinski definition) is 2. The minimum atomic E-state index is -0.0488. The predicted molar refractivity (Wildman–Crippen MR) is 81.8 cm³/mol. The van der Waals surface area contributed by atoms with Crippen molar-refractivity contribution >= 4 is 11.8 Å². The van der Waals surface area contributed by atoms with Gasteiger partial charge in [-0.2, -0.15) is 11.8 Å². The van der Waals surface area contributed by atoms with Crippen LogP contribution in [0.25, 0.3) is 0 Å². The summed E-state index contributed by atoms with van der Waals surface area (Å²) in [5, 5.41) is 14.8. The van der Waals surface area contributed by atoms with E-state index in [1.165, 1.54) is 19.3 Å². The number of hydrogen-bond acceptors (Lipinski definition) is 4. The minimum Gasteiger partial charge on any atom is -0.394 e. The Bertz CT molecular complexity index is 287. The van der Waals surface area contributed by atoms with Crippen LogP contribution in [0.4, 0.5) is 0 Å². The van der Waals surface area contributed by atoms with Crippen molar-refractivity contribution in [2.24, 2.45) is 0 Å². The zero-order valence-electron chi connectivity index (χ0n) is 12.5. The molecule has 0 spiro atoms. The summed E-state index contributed by atoms with van der Waals surface area (Å²) >= 11 is 2.10. The van der Waals surface area contributed by atoms with E-state index in [9.17, 15) is 5.11 Å². The molecule has 1 saturated heterocycles. The van der Waals surface area contributed by atoms with Crippen LogP contribution in [-0.2, 0) is 4.74 Å². The van der Waals surface area contributed by atoms with Gasteiger partial charge in [-0.05, 0) is 32.6 Å². The van der Waals surface area contributed by atoms with Crippen molar-refractivity contribution in [2.45, 2.75) is 81.1 Å². The molecule has 1 saturated carbocycles. The number of thioether (sulfide) groups is 1. The molecule has 112 valence electrons. The molecule has 0 aromatic carbocycles. The second kappa shape index (κ2) is 6.79. The van der Waals surface area contributed by atoms with E-state index >= 15 is 0 Å². The van der Waals surface area contributed by atoms with Crippen LogP contribution < -0.4 is 5.32 Å². The van der Waals surface area contributed by atoms with Gasteiger partial charge in [0.2, 0.25) is 0 Å². The number of nitrogens with one attached hydrogen (secondary N) is 1. The van der Waals surface area contributed by atoms with E-state index in [4.69, 9.17) is 4.74 Å². The van der Waals surface area contributed by atoms with Crippen molar-refractivity contribution < 1.29 is 9.84 Å². The molecule has 1 aliphatic carbocycles. The molecular weight excluding hydrogens is 258 g/mol. The lowest BCUT2D eigenvalue weighted by Gasteiger charge is -2.42. The summed E-state index contributed by atoms with van der Waals surface area (Å²) in [5.41, 5.74) is -0.0488. The first kappa shape index (κ1) is 15.6. The molecular formula is C15H29NO2S. The molecule has 4 heteroatoms. The molecule has 0 amide bonds. The fraction of sp³-hybridized carbons (Fsp3) is 1.00. The van der Waals surface area contributed by atoms with Crippen molar-refractivity contribution in [3.63, 3.8) is 0 Å². The molecule has 0 radical (unpaired) electrons. The summed E-state index contributed by atoms with van der Waals surface area (Å²) in [5.74, 6) is 0. The molecule has 19 heavy (non-hydrogen) atoms. The molecule has 1 aliphatic heterocycles. The van der Waals surface area contributed by atoms with Crippen LogP contribution >= 0.6 is 11.8 Å². The standard InChI is InChI=1S/C15H29NO2S/c1-11(2)16-15(10-17)7-4-5-13(9-15)19-14-6-8-18-12(14)3/h11-14,16-17H,4-10H2,1-3H3. The lowest BCUT2D eigenvalue weighted by atomic mass is 9.81. The van der Waals surface area contributed by atoms with Gasteiger partial charge < -0.3 is 15.2 Å². The van der Waals surface area contributed by atoms with E-state index in [2.05, 4.69) is 37.8 Å². The first-order chi connectivity index (χ1) is 9.04. The minimum absolute atomic E-state index is 0.0488. The van der Waals surface area contributed by atoms with Crippen molar-refractivity contribution in [2.75, 3.05) is 13.2 Å². The maximum Gasteiger partial charge on any atom is 0.0666 e. The Labute approximate surface area is 121 Å².